The van der Waals surface area contributed by atoms with Crippen molar-refractivity contribution in [3.63, 3.8) is 0 Å². The lowest BCUT2D eigenvalue weighted by Crippen LogP contribution is -2.47. The van der Waals surface area contributed by atoms with Crippen LogP contribution in [0.5, 0.6) is 0 Å². The van der Waals surface area contributed by atoms with Crippen LogP contribution in [0.2, 0.25) is 0 Å². The van der Waals surface area contributed by atoms with E-state index in [0.29, 0.717) is 0 Å². The van der Waals surface area contributed by atoms with Crippen molar-refractivity contribution in [3.05, 3.63) is 108 Å². The molecule has 0 heterocycles. The van der Waals surface area contributed by atoms with Gasteiger partial charge in [0, 0.05) is 12.8 Å². The highest BCUT2D eigenvalue weighted by Gasteiger charge is 2.43. The van der Waals surface area contributed by atoms with Crippen LogP contribution in [-0.2, 0) is 33.6 Å². The first-order chi connectivity index (χ1) is 13.6. The molecular weight excluding hydrogens is 352 g/mol. The number of hydrogen-bond donors (Lipinski definition) is 1. The molecule has 0 fully saturated rings. The summed E-state index contributed by atoms with van der Waals surface area (Å²) in [5.41, 5.74) is 0.710. The Bertz CT molecular complexity index is 864. The van der Waals surface area contributed by atoms with E-state index < -0.39 is 17.5 Å². The minimum Gasteiger partial charge on any atom is -0.478 e. The van der Waals surface area contributed by atoms with E-state index >= 15 is 0 Å². The normalized spacial score (nSPS) is 11.0. The van der Waals surface area contributed by atoms with Crippen molar-refractivity contribution in [2.75, 3.05) is 0 Å². The van der Waals surface area contributed by atoms with Crippen molar-refractivity contribution in [2.45, 2.75) is 24.9 Å². The first-order valence-corrected chi connectivity index (χ1v) is 9.14. The maximum Gasteiger partial charge on any atom is 0.348 e. The molecule has 0 aliphatic carbocycles. The van der Waals surface area contributed by atoms with Crippen molar-refractivity contribution in [2.24, 2.45) is 0 Å². The first kappa shape index (κ1) is 19.4. The van der Waals surface area contributed by atoms with Gasteiger partial charge in [0.1, 0.15) is 0 Å². The highest BCUT2D eigenvalue weighted by atomic mass is 16.6. The van der Waals surface area contributed by atoms with E-state index in [1.807, 2.05) is 91.0 Å². The number of carboxylic acids is 1. The topological polar surface area (TPSA) is 63.6 Å². The Labute approximate surface area is 164 Å². The van der Waals surface area contributed by atoms with Gasteiger partial charge in [-0.3, -0.25) is 4.79 Å². The highest BCUT2D eigenvalue weighted by Crippen LogP contribution is 2.25. The molecule has 0 unspecified atom stereocenters. The summed E-state index contributed by atoms with van der Waals surface area (Å²) in [6.07, 6.45) is 0.219. The van der Waals surface area contributed by atoms with Crippen LogP contribution >= 0.6 is 0 Å². The maximum absolute atomic E-state index is 12.6. The first-order valence-electron chi connectivity index (χ1n) is 9.14. The molecule has 0 bridgehead atoms. The maximum atomic E-state index is 12.6. The number of rotatable bonds is 8. The second-order valence-corrected chi connectivity index (χ2v) is 6.76. The van der Waals surface area contributed by atoms with E-state index in [1.165, 1.54) is 0 Å². The van der Waals surface area contributed by atoms with Crippen LogP contribution < -0.4 is 0 Å². The lowest BCUT2D eigenvalue weighted by molar-refractivity contribution is -0.178. The molecule has 4 heteroatoms. The molecule has 0 aromatic heterocycles. The SMILES string of the molecule is O=C(Cc1ccccc1)OC(Cc1ccccc1)(Cc1ccccc1)C(=O)O. The molecule has 0 saturated heterocycles. The highest BCUT2D eigenvalue weighted by molar-refractivity contribution is 5.83. The van der Waals surface area contributed by atoms with E-state index in [4.69, 9.17) is 4.74 Å². The van der Waals surface area contributed by atoms with Crippen molar-refractivity contribution in [1.29, 1.82) is 0 Å². The average Bonchev–Trinajstić information content (AvgIpc) is 2.70. The van der Waals surface area contributed by atoms with Gasteiger partial charge in [-0.25, -0.2) is 4.79 Å². The van der Waals surface area contributed by atoms with Crippen LogP contribution in [0.3, 0.4) is 0 Å². The number of esters is 1. The molecule has 0 aliphatic heterocycles. The predicted molar refractivity (Wildman–Crippen MR) is 107 cm³/mol. The van der Waals surface area contributed by atoms with Gasteiger partial charge in [-0.1, -0.05) is 91.0 Å². The molecule has 0 spiro atoms. The van der Waals surface area contributed by atoms with E-state index in [-0.39, 0.29) is 19.3 Å². The summed E-state index contributed by atoms with van der Waals surface area (Å²) in [6.45, 7) is 0. The fourth-order valence-corrected chi connectivity index (χ4v) is 3.20. The fourth-order valence-electron chi connectivity index (χ4n) is 3.20. The Morgan fingerprint density at radius 1 is 0.679 bits per heavy atom. The molecule has 0 saturated carbocycles. The molecule has 1 N–H and O–H groups in total. The average molecular weight is 374 g/mol. The molecule has 4 nitrogen and oxygen atoms in total. The smallest absolute Gasteiger partial charge is 0.348 e. The summed E-state index contributed by atoms with van der Waals surface area (Å²) in [5.74, 6) is -1.71. The van der Waals surface area contributed by atoms with Gasteiger partial charge in [-0.15, -0.1) is 0 Å². The van der Waals surface area contributed by atoms with Gasteiger partial charge in [0.15, 0.2) is 0 Å². The molecule has 0 amide bonds. The summed E-state index contributed by atoms with van der Waals surface area (Å²) in [4.78, 5) is 25.0. The number of benzene rings is 3. The molecule has 0 atom stereocenters. The van der Waals surface area contributed by atoms with Crippen LogP contribution in [0.15, 0.2) is 91.0 Å². The Morgan fingerprint density at radius 2 is 1.07 bits per heavy atom. The fraction of sp³-hybridized carbons (Fsp3) is 0.167. The number of ether oxygens (including phenoxy) is 1. The third-order valence-corrected chi connectivity index (χ3v) is 4.56. The molecule has 28 heavy (non-hydrogen) atoms. The number of hydrogen-bond acceptors (Lipinski definition) is 3. The van der Waals surface area contributed by atoms with E-state index in [0.717, 1.165) is 16.7 Å². The van der Waals surface area contributed by atoms with Crippen LogP contribution in [0, 0.1) is 0 Å². The number of carbonyl (C=O) groups excluding carboxylic acids is 1. The third-order valence-electron chi connectivity index (χ3n) is 4.56. The van der Waals surface area contributed by atoms with Gasteiger partial charge < -0.3 is 9.84 Å². The molecule has 0 radical (unpaired) electrons. The van der Waals surface area contributed by atoms with Crippen molar-refractivity contribution >= 4 is 11.9 Å². The van der Waals surface area contributed by atoms with E-state index in [2.05, 4.69) is 0 Å². The van der Waals surface area contributed by atoms with Gasteiger partial charge in [-0.2, -0.15) is 0 Å². The number of carbonyl (C=O) groups is 2. The molecule has 3 aromatic carbocycles. The van der Waals surface area contributed by atoms with Crippen molar-refractivity contribution in [3.8, 4) is 0 Å². The second kappa shape index (κ2) is 9.00. The zero-order valence-corrected chi connectivity index (χ0v) is 15.5. The summed E-state index contributed by atoms with van der Waals surface area (Å²) in [7, 11) is 0. The zero-order chi connectivity index (χ0) is 19.8. The molecular formula is C24H22O4. The van der Waals surface area contributed by atoms with Gasteiger partial charge >= 0.3 is 11.9 Å². The second-order valence-electron chi connectivity index (χ2n) is 6.76. The minimum atomic E-state index is -1.67. The minimum absolute atomic E-state index is 0.0272. The Hall–Kier alpha value is -3.40. The van der Waals surface area contributed by atoms with E-state index in [1.54, 1.807) is 0 Å². The summed E-state index contributed by atoms with van der Waals surface area (Å²) >= 11 is 0. The molecule has 3 rings (SSSR count). The Morgan fingerprint density at radius 3 is 1.46 bits per heavy atom. The number of aliphatic carboxylic acids is 1. The number of carboxylic acid groups (broad SMARTS) is 1. The summed E-state index contributed by atoms with van der Waals surface area (Å²) < 4.78 is 5.67. The zero-order valence-electron chi connectivity index (χ0n) is 15.5. The third kappa shape index (κ3) is 5.07. The van der Waals surface area contributed by atoms with Crippen LogP contribution in [0.1, 0.15) is 16.7 Å². The lowest BCUT2D eigenvalue weighted by atomic mass is 9.87. The summed E-state index contributed by atoms with van der Waals surface area (Å²) in [6, 6.07) is 27.6. The van der Waals surface area contributed by atoms with Crippen molar-refractivity contribution < 1.29 is 19.4 Å². The van der Waals surface area contributed by atoms with E-state index in [9.17, 15) is 14.7 Å². The van der Waals surface area contributed by atoms with Gasteiger partial charge in [0.05, 0.1) is 6.42 Å². The van der Waals surface area contributed by atoms with Gasteiger partial charge in [0.25, 0.3) is 0 Å². The van der Waals surface area contributed by atoms with Crippen LogP contribution in [0.25, 0.3) is 0 Å². The Kier molecular flexibility index (Phi) is 6.22. The molecule has 3 aromatic rings. The summed E-state index contributed by atoms with van der Waals surface area (Å²) in [5, 5.41) is 10.1. The predicted octanol–water partition coefficient (Wildman–Crippen LogP) is 4.08. The van der Waals surface area contributed by atoms with Gasteiger partial charge in [0.2, 0.25) is 5.60 Å². The quantitative estimate of drug-likeness (QED) is 0.604. The lowest BCUT2D eigenvalue weighted by Gasteiger charge is -2.30. The molecule has 142 valence electrons. The Balaban J connectivity index is 1.89. The van der Waals surface area contributed by atoms with Crippen molar-refractivity contribution in [1.82, 2.24) is 0 Å². The molecule has 0 aliphatic rings. The van der Waals surface area contributed by atoms with Crippen LogP contribution in [-0.4, -0.2) is 22.6 Å². The van der Waals surface area contributed by atoms with Gasteiger partial charge in [-0.05, 0) is 16.7 Å². The largest absolute Gasteiger partial charge is 0.478 e. The van der Waals surface area contributed by atoms with Crippen LogP contribution in [0.4, 0.5) is 0 Å². The standard InChI is InChI=1S/C24H22O4/c25-22(16-19-10-4-1-5-11-19)28-24(23(26)27,17-20-12-6-2-7-13-20)18-21-14-8-3-9-15-21/h1-15H,16-18H2,(H,26,27). The monoisotopic (exact) mass is 374 g/mol.